The van der Waals surface area contributed by atoms with Crippen molar-refractivity contribution in [1.29, 1.82) is 0 Å². The van der Waals surface area contributed by atoms with E-state index in [-0.39, 0.29) is 11.8 Å². The number of nitrogens with one attached hydrogen (secondary N) is 1. The van der Waals surface area contributed by atoms with E-state index in [9.17, 15) is 13.2 Å². The molecule has 1 rings (SSSR count). The standard InChI is InChI=1S/C11H18N2O3S/c1-3-4-7-12-11(14)10-5-8-13(9-6-10)17(2,15)16/h1,10H,4-9H2,2H3,(H,12,14). The van der Waals surface area contributed by atoms with Crippen LogP contribution in [0.4, 0.5) is 0 Å². The third-order valence-electron chi connectivity index (χ3n) is 2.86. The Balaban J connectivity index is 2.37. The molecular formula is C11H18N2O3S. The van der Waals surface area contributed by atoms with E-state index >= 15 is 0 Å². The molecule has 1 amide bonds. The van der Waals surface area contributed by atoms with E-state index in [2.05, 4.69) is 11.2 Å². The van der Waals surface area contributed by atoms with Crippen molar-refractivity contribution in [3.8, 4) is 12.3 Å². The predicted octanol–water partition coefficient (Wildman–Crippen LogP) is -0.202. The summed E-state index contributed by atoms with van der Waals surface area (Å²) in [4.78, 5) is 11.7. The van der Waals surface area contributed by atoms with Gasteiger partial charge >= 0.3 is 0 Å². The van der Waals surface area contributed by atoms with Gasteiger partial charge in [0.05, 0.1) is 6.26 Å². The largest absolute Gasteiger partial charge is 0.355 e. The van der Waals surface area contributed by atoms with Gasteiger partial charge in [-0.15, -0.1) is 12.3 Å². The van der Waals surface area contributed by atoms with Crippen LogP contribution in [-0.2, 0) is 14.8 Å². The maximum absolute atomic E-state index is 11.7. The van der Waals surface area contributed by atoms with Gasteiger partial charge in [-0.1, -0.05) is 0 Å². The molecule has 17 heavy (non-hydrogen) atoms. The lowest BCUT2D eigenvalue weighted by atomic mass is 9.97. The van der Waals surface area contributed by atoms with Crippen LogP contribution >= 0.6 is 0 Å². The fourth-order valence-corrected chi connectivity index (χ4v) is 2.73. The van der Waals surface area contributed by atoms with Crippen molar-refractivity contribution < 1.29 is 13.2 Å². The van der Waals surface area contributed by atoms with Crippen molar-refractivity contribution in [2.75, 3.05) is 25.9 Å². The lowest BCUT2D eigenvalue weighted by Gasteiger charge is -2.29. The minimum Gasteiger partial charge on any atom is -0.355 e. The number of nitrogens with zero attached hydrogens (tertiary/aromatic N) is 1. The predicted molar refractivity (Wildman–Crippen MR) is 65.6 cm³/mol. The summed E-state index contributed by atoms with van der Waals surface area (Å²) < 4.78 is 24.0. The first kappa shape index (κ1) is 14.0. The van der Waals surface area contributed by atoms with E-state index in [1.54, 1.807) is 0 Å². The minimum atomic E-state index is -3.12. The Morgan fingerprint density at radius 2 is 2.06 bits per heavy atom. The molecule has 5 nitrogen and oxygen atoms in total. The molecule has 0 atom stereocenters. The molecule has 1 fully saturated rings. The zero-order valence-electron chi connectivity index (χ0n) is 9.98. The van der Waals surface area contributed by atoms with Crippen molar-refractivity contribution in [3.05, 3.63) is 0 Å². The molecule has 0 spiro atoms. The second-order valence-electron chi connectivity index (χ2n) is 4.18. The first-order valence-corrected chi connectivity index (χ1v) is 7.46. The van der Waals surface area contributed by atoms with Crippen LogP contribution in [0.1, 0.15) is 19.3 Å². The Bertz CT molecular complexity index is 403. The fourth-order valence-electron chi connectivity index (χ4n) is 1.85. The average Bonchev–Trinajstić information content (AvgIpc) is 2.28. The third kappa shape index (κ3) is 4.36. The summed E-state index contributed by atoms with van der Waals surface area (Å²) in [5.41, 5.74) is 0. The summed E-state index contributed by atoms with van der Waals surface area (Å²) in [5.74, 6) is 2.34. The second-order valence-corrected chi connectivity index (χ2v) is 6.16. The van der Waals surface area contributed by atoms with Gasteiger partial charge < -0.3 is 5.32 Å². The van der Waals surface area contributed by atoms with E-state index in [0.29, 0.717) is 38.9 Å². The number of hydrogen-bond donors (Lipinski definition) is 1. The van der Waals surface area contributed by atoms with Gasteiger partial charge in [0.1, 0.15) is 0 Å². The van der Waals surface area contributed by atoms with Crippen molar-refractivity contribution in [3.63, 3.8) is 0 Å². The summed E-state index contributed by atoms with van der Waals surface area (Å²) in [6.45, 7) is 1.33. The lowest BCUT2D eigenvalue weighted by molar-refractivity contribution is -0.126. The van der Waals surface area contributed by atoms with Crippen molar-refractivity contribution in [2.24, 2.45) is 5.92 Å². The number of rotatable bonds is 4. The normalized spacial score (nSPS) is 18.6. The van der Waals surface area contributed by atoms with Crippen LogP contribution in [0, 0.1) is 18.3 Å². The zero-order chi connectivity index (χ0) is 12.9. The van der Waals surface area contributed by atoms with Crippen LogP contribution in [0.3, 0.4) is 0 Å². The minimum absolute atomic E-state index is 0.0200. The molecule has 6 heteroatoms. The number of piperidine rings is 1. The Morgan fingerprint density at radius 3 is 2.53 bits per heavy atom. The molecule has 0 radical (unpaired) electrons. The second kappa shape index (κ2) is 6.03. The highest BCUT2D eigenvalue weighted by atomic mass is 32.2. The van der Waals surface area contributed by atoms with Crippen LogP contribution in [0.2, 0.25) is 0 Å². The number of sulfonamides is 1. The maximum atomic E-state index is 11.7. The number of amides is 1. The van der Waals surface area contributed by atoms with Crippen LogP contribution < -0.4 is 5.32 Å². The zero-order valence-corrected chi connectivity index (χ0v) is 10.8. The molecule has 0 aromatic rings. The summed E-state index contributed by atoms with van der Waals surface area (Å²) in [6.07, 6.45) is 7.96. The number of hydrogen-bond acceptors (Lipinski definition) is 3. The highest BCUT2D eigenvalue weighted by molar-refractivity contribution is 7.88. The lowest BCUT2D eigenvalue weighted by Crippen LogP contribution is -2.42. The summed E-state index contributed by atoms with van der Waals surface area (Å²) >= 11 is 0. The number of carbonyl (C=O) groups is 1. The van der Waals surface area contributed by atoms with Gasteiger partial charge in [0, 0.05) is 32.0 Å². The van der Waals surface area contributed by atoms with Gasteiger partial charge in [-0.3, -0.25) is 4.79 Å². The van der Waals surface area contributed by atoms with Crippen molar-refractivity contribution >= 4 is 15.9 Å². The molecule has 1 aliphatic rings. The molecule has 0 aliphatic carbocycles. The van der Waals surface area contributed by atoms with E-state index in [1.807, 2.05) is 0 Å². The van der Waals surface area contributed by atoms with E-state index in [4.69, 9.17) is 6.42 Å². The van der Waals surface area contributed by atoms with Crippen molar-refractivity contribution in [2.45, 2.75) is 19.3 Å². The Morgan fingerprint density at radius 1 is 1.47 bits per heavy atom. The monoisotopic (exact) mass is 258 g/mol. The first-order chi connectivity index (χ1) is 7.95. The van der Waals surface area contributed by atoms with Crippen LogP contribution in [-0.4, -0.2) is 44.5 Å². The third-order valence-corrected chi connectivity index (χ3v) is 4.17. The molecule has 0 aromatic heterocycles. The Hall–Kier alpha value is -1.06. The Labute approximate surface area is 103 Å². The fraction of sp³-hybridized carbons (Fsp3) is 0.727. The molecule has 0 unspecified atom stereocenters. The number of carbonyl (C=O) groups excluding carboxylic acids is 1. The number of terminal acetylenes is 1. The Kier molecular flexibility index (Phi) is 4.97. The van der Waals surface area contributed by atoms with Crippen molar-refractivity contribution in [1.82, 2.24) is 9.62 Å². The summed E-state index contributed by atoms with van der Waals surface area (Å²) in [5, 5.41) is 2.76. The molecule has 96 valence electrons. The maximum Gasteiger partial charge on any atom is 0.223 e. The van der Waals surface area contributed by atoms with Gasteiger partial charge in [-0.05, 0) is 12.8 Å². The molecule has 0 saturated carbocycles. The topological polar surface area (TPSA) is 66.5 Å². The molecule has 1 aliphatic heterocycles. The highest BCUT2D eigenvalue weighted by Crippen LogP contribution is 2.19. The first-order valence-electron chi connectivity index (χ1n) is 5.61. The molecule has 1 heterocycles. The van der Waals surface area contributed by atoms with Gasteiger partial charge in [0.25, 0.3) is 0 Å². The van der Waals surface area contributed by atoms with E-state index in [1.165, 1.54) is 10.6 Å². The average molecular weight is 258 g/mol. The van der Waals surface area contributed by atoms with Crippen LogP contribution in [0.15, 0.2) is 0 Å². The van der Waals surface area contributed by atoms with Crippen LogP contribution in [0.5, 0.6) is 0 Å². The van der Waals surface area contributed by atoms with Gasteiger partial charge in [0.15, 0.2) is 0 Å². The molecule has 1 N–H and O–H groups in total. The van der Waals surface area contributed by atoms with Crippen LogP contribution in [0.25, 0.3) is 0 Å². The molecular weight excluding hydrogens is 240 g/mol. The quantitative estimate of drug-likeness (QED) is 0.561. The van der Waals surface area contributed by atoms with Gasteiger partial charge in [-0.25, -0.2) is 12.7 Å². The molecule has 0 bridgehead atoms. The molecule has 1 saturated heterocycles. The highest BCUT2D eigenvalue weighted by Gasteiger charge is 2.28. The molecule has 0 aromatic carbocycles. The van der Waals surface area contributed by atoms with E-state index in [0.717, 1.165) is 0 Å². The SMILES string of the molecule is C#CCCNC(=O)C1CCN(S(C)(=O)=O)CC1. The summed E-state index contributed by atoms with van der Waals surface area (Å²) in [7, 11) is -3.12. The van der Waals surface area contributed by atoms with Gasteiger partial charge in [-0.2, -0.15) is 0 Å². The smallest absolute Gasteiger partial charge is 0.223 e. The van der Waals surface area contributed by atoms with E-state index < -0.39 is 10.0 Å². The van der Waals surface area contributed by atoms with Gasteiger partial charge in [0.2, 0.25) is 15.9 Å². The summed E-state index contributed by atoms with van der Waals surface area (Å²) in [6, 6.07) is 0.